The molecule has 1 aromatic heterocycles. The quantitative estimate of drug-likeness (QED) is 0.744. The van der Waals surface area contributed by atoms with Gasteiger partial charge in [-0.1, -0.05) is 28.1 Å². The summed E-state index contributed by atoms with van der Waals surface area (Å²) in [4.78, 5) is 16.1. The third-order valence-corrected chi connectivity index (χ3v) is 3.57. The lowest BCUT2D eigenvalue weighted by molar-refractivity contribution is 0.102. The van der Waals surface area contributed by atoms with Crippen molar-refractivity contribution in [1.29, 1.82) is 0 Å². The number of nitrogens with zero attached hydrogens (tertiary/aromatic N) is 1. The van der Waals surface area contributed by atoms with Gasteiger partial charge in [-0.2, -0.15) is 0 Å². The average molecular weight is 342 g/mol. The van der Waals surface area contributed by atoms with E-state index in [-0.39, 0.29) is 5.91 Å². The molecule has 0 aliphatic heterocycles. The Labute approximate surface area is 130 Å². The highest BCUT2D eigenvalue weighted by Crippen LogP contribution is 2.23. The maximum atomic E-state index is 12.1. The fraction of sp³-hybridized carbons (Fsp3) is 0. The number of anilines is 2. The molecule has 3 N–H and O–H groups in total. The van der Waals surface area contributed by atoms with Crippen molar-refractivity contribution in [3.8, 4) is 0 Å². The summed E-state index contributed by atoms with van der Waals surface area (Å²) in [5, 5.41) is 4.98. The predicted molar refractivity (Wildman–Crippen MR) is 88.3 cm³/mol. The highest BCUT2D eigenvalue weighted by atomic mass is 79.9. The number of pyridine rings is 1. The Kier molecular flexibility index (Phi) is 3.58. The van der Waals surface area contributed by atoms with E-state index in [4.69, 9.17) is 5.73 Å². The number of nitrogens with two attached hydrogens (primary N) is 1. The molecule has 0 atom stereocenters. The van der Waals surface area contributed by atoms with Crippen molar-refractivity contribution in [3.63, 3.8) is 0 Å². The van der Waals surface area contributed by atoms with E-state index in [2.05, 4.69) is 26.2 Å². The van der Waals surface area contributed by atoms with Crippen LogP contribution in [-0.4, -0.2) is 10.9 Å². The van der Waals surface area contributed by atoms with E-state index in [1.165, 1.54) is 6.20 Å². The van der Waals surface area contributed by atoms with Crippen molar-refractivity contribution < 1.29 is 4.79 Å². The molecule has 0 saturated heterocycles. The van der Waals surface area contributed by atoms with Crippen LogP contribution < -0.4 is 11.1 Å². The molecule has 0 radical (unpaired) electrons. The summed E-state index contributed by atoms with van der Waals surface area (Å²) >= 11 is 3.44. The van der Waals surface area contributed by atoms with Crippen LogP contribution in [0.15, 0.2) is 59.2 Å². The van der Waals surface area contributed by atoms with Crippen molar-refractivity contribution in [2.45, 2.75) is 0 Å². The zero-order chi connectivity index (χ0) is 14.8. The number of carbonyl (C=O) groups excluding carboxylic acids is 1. The molecule has 0 aliphatic carbocycles. The molecule has 5 heteroatoms. The molecule has 1 heterocycles. The lowest BCUT2D eigenvalue weighted by atomic mass is 10.1. The van der Waals surface area contributed by atoms with Crippen LogP contribution in [0.1, 0.15) is 10.5 Å². The van der Waals surface area contributed by atoms with Crippen LogP contribution in [-0.2, 0) is 0 Å². The zero-order valence-electron chi connectivity index (χ0n) is 11.0. The number of nitrogens with one attached hydrogen (secondary N) is 1. The maximum Gasteiger partial charge on any atom is 0.274 e. The van der Waals surface area contributed by atoms with Crippen LogP contribution >= 0.6 is 15.9 Å². The van der Waals surface area contributed by atoms with E-state index in [9.17, 15) is 4.79 Å². The monoisotopic (exact) mass is 341 g/mol. The summed E-state index contributed by atoms with van der Waals surface area (Å²) < 4.78 is 1.02. The first-order valence-corrected chi connectivity index (χ1v) is 7.13. The maximum absolute atomic E-state index is 12.1. The molecular weight excluding hydrogens is 330 g/mol. The van der Waals surface area contributed by atoms with Gasteiger partial charge in [-0.25, -0.2) is 0 Å². The molecule has 0 bridgehead atoms. The first-order valence-electron chi connectivity index (χ1n) is 6.34. The number of aromatic nitrogens is 1. The Morgan fingerprint density at radius 2 is 1.81 bits per heavy atom. The van der Waals surface area contributed by atoms with E-state index in [0.29, 0.717) is 11.4 Å². The minimum atomic E-state index is -0.279. The molecule has 104 valence electrons. The van der Waals surface area contributed by atoms with E-state index >= 15 is 0 Å². The van der Waals surface area contributed by atoms with Gasteiger partial charge in [0.1, 0.15) is 5.69 Å². The van der Waals surface area contributed by atoms with E-state index in [1.807, 2.05) is 36.4 Å². The fourth-order valence-corrected chi connectivity index (χ4v) is 2.44. The Morgan fingerprint density at radius 1 is 1.05 bits per heavy atom. The number of hydrogen-bond donors (Lipinski definition) is 2. The van der Waals surface area contributed by atoms with Crippen molar-refractivity contribution in [2.75, 3.05) is 11.1 Å². The first-order chi connectivity index (χ1) is 10.1. The van der Waals surface area contributed by atoms with Crippen LogP contribution in [0.3, 0.4) is 0 Å². The number of rotatable bonds is 2. The normalized spacial score (nSPS) is 10.5. The summed E-state index contributed by atoms with van der Waals surface area (Å²) in [5.41, 5.74) is 7.18. The van der Waals surface area contributed by atoms with Gasteiger partial charge in [-0.15, -0.1) is 0 Å². The number of hydrogen-bond acceptors (Lipinski definition) is 3. The second kappa shape index (κ2) is 5.54. The minimum absolute atomic E-state index is 0.279. The second-order valence-corrected chi connectivity index (χ2v) is 5.55. The van der Waals surface area contributed by atoms with Crippen LogP contribution in [0.5, 0.6) is 0 Å². The number of amides is 1. The molecule has 0 fully saturated rings. The van der Waals surface area contributed by atoms with Crippen LogP contribution in [0.2, 0.25) is 0 Å². The van der Waals surface area contributed by atoms with Crippen LogP contribution in [0.4, 0.5) is 11.4 Å². The molecule has 3 aromatic rings. The average Bonchev–Trinajstić information content (AvgIpc) is 2.47. The number of halogens is 1. The standard InChI is InChI=1S/C16H12BrN3O/c17-12-3-1-11-8-14(4-2-10(11)7-12)20-16(21)15-9-13(18)5-6-19-15/h1-9H,(H2,18,19)(H,20,21). The third-order valence-electron chi connectivity index (χ3n) is 3.08. The smallest absolute Gasteiger partial charge is 0.274 e. The highest BCUT2D eigenvalue weighted by Gasteiger charge is 2.08. The van der Waals surface area contributed by atoms with Gasteiger partial charge in [0, 0.05) is 22.0 Å². The minimum Gasteiger partial charge on any atom is -0.399 e. The van der Waals surface area contributed by atoms with Crippen LogP contribution in [0.25, 0.3) is 10.8 Å². The van der Waals surface area contributed by atoms with E-state index in [1.54, 1.807) is 12.1 Å². The van der Waals surface area contributed by atoms with Gasteiger partial charge in [0.2, 0.25) is 0 Å². The molecule has 0 saturated carbocycles. The van der Waals surface area contributed by atoms with E-state index in [0.717, 1.165) is 20.9 Å². The number of carbonyl (C=O) groups is 1. The van der Waals surface area contributed by atoms with Gasteiger partial charge < -0.3 is 11.1 Å². The van der Waals surface area contributed by atoms with E-state index < -0.39 is 0 Å². The largest absolute Gasteiger partial charge is 0.399 e. The topological polar surface area (TPSA) is 68.0 Å². The first kappa shape index (κ1) is 13.6. The number of benzene rings is 2. The Morgan fingerprint density at radius 3 is 2.62 bits per heavy atom. The summed E-state index contributed by atoms with van der Waals surface area (Å²) in [7, 11) is 0. The van der Waals surface area contributed by atoms with Crippen molar-refractivity contribution >= 4 is 44.0 Å². The summed E-state index contributed by atoms with van der Waals surface area (Å²) in [6.07, 6.45) is 1.52. The van der Waals surface area contributed by atoms with Crippen molar-refractivity contribution in [1.82, 2.24) is 4.98 Å². The molecule has 1 amide bonds. The molecule has 0 unspecified atom stereocenters. The molecule has 21 heavy (non-hydrogen) atoms. The van der Waals surface area contributed by atoms with Gasteiger partial charge >= 0.3 is 0 Å². The molecule has 2 aromatic carbocycles. The molecule has 4 nitrogen and oxygen atoms in total. The molecule has 0 aliphatic rings. The lowest BCUT2D eigenvalue weighted by Gasteiger charge is -2.07. The summed E-state index contributed by atoms with van der Waals surface area (Å²) in [6, 6.07) is 14.9. The van der Waals surface area contributed by atoms with Gasteiger partial charge in [-0.05, 0) is 47.2 Å². The summed E-state index contributed by atoms with van der Waals surface area (Å²) in [5.74, 6) is -0.279. The Bertz CT molecular complexity index is 833. The van der Waals surface area contributed by atoms with Gasteiger partial charge in [0.25, 0.3) is 5.91 Å². The zero-order valence-corrected chi connectivity index (χ0v) is 12.6. The fourth-order valence-electron chi connectivity index (χ4n) is 2.06. The van der Waals surface area contributed by atoms with Gasteiger partial charge in [0.05, 0.1) is 0 Å². The number of fused-ring (bicyclic) bond motifs is 1. The SMILES string of the molecule is Nc1ccnc(C(=O)Nc2ccc3cc(Br)ccc3c2)c1. The molecule has 3 rings (SSSR count). The molecular formula is C16H12BrN3O. The molecule has 0 spiro atoms. The lowest BCUT2D eigenvalue weighted by Crippen LogP contribution is -2.13. The van der Waals surface area contributed by atoms with Crippen molar-refractivity contribution in [2.24, 2.45) is 0 Å². The van der Waals surface area contributed by atoms with Gasteiger partial charge in [-0.3, -0.25) is 9.78 Å². The Balaban J connectivity index is 1.87. The van der Waals surface area contributed by atoms with Crippen molar-refractivity contribution in [3.05, 3.63) is 64.9 Å². The Hall–Kier alpha value is -2.40. The third kappa shape index (κ3) is 3.03. The second-order valence-electron chi connectivity index (χ2n) is 4.63. The predicted octanol–water partition coefficient (Wildman–Crippen LogP) is 3.83. The van der Waals surface area contributed by atoms with Gasteiger partial charge in [0.15, 0.2) is 0 Å². The number of nitrogen functional groups attached to an aromatic ring is 1. The summed E-state index contributed by atoms with van der Waals surface area (Å²) in [6.45, 7) is 0. The highest BCUT2D eigenvalue weighted by molar-refractivity contribution is 9.10. The van der Waals surface area contributed by atoms with Crippen LogP contribution in [0, 0.1) is 0 Å².